The summed E-state index contributed by atoms with van der Waals surface area (Å²) in [6, 6.07) is 23.0. The Morgan fingerprint density at radius 3 is 0.840 bits per heavy atom. The maximum atomic E-state index is 4.87. The fourth-order valence-corrected chi connectivity index (χ4v) is 3.67. The SMILES string of the molecule is [S-]c1cccc(Br)c1.[S-]c1cccc(Br)c1.[S-]c1cccc(Br)c1.[Yb+3]. The number of hydrogen-bond donors (Lipinski definition) is 0. The summed E-state index contributed by atoms with van der Waals surface area (Å²) in [5, 5.41) is 0. The van der Waals surface area contributed by atoms with Crippen LogP contribution in [0.4, 0.5) is 0 Å². The molecule has 3 aromatic rings. The Kier molecular flexibility index (Phi) is 16.0. The molecule has 0 aromatic heterocycles. The van der Waals surface area contributed by atoms with E-state index in [0.717, 1.165) is 28.1 Å². The second kappa shape index (κ2) is 15.2. The van der Waals surface area contributed by atoms with E-state index in [1.807, 2.05) is 72.8 Å². The molecule has 0 heterocycles. The van der Waals surface area contributed by atoms with Gasteiger partial charge in [-0.2, -0.15) is 14.7 Å². The molecule has 1 radical (unpaired) electrons. The van der Waals surface area contributed by atoms with E-state index in [9.17, 15) is 0 Å². The molecule has 0 amide bonds. The second-order valence-electron chi connectivity index (χ2n) is 4.37. The molecule has 3 rings (SSSR count). The van der Waals surface area contributed by atoms with Gasteiger partial charge >= 0.3 is 46.9 Å². The Morgan fingerprint density at radius 1 is 0.480 bits per heavy atom. The summed E-state index contributed by atoms with van der Waals surface area (Å²) in [7, 11) is 0. The quantitative estimate of drug-likeness (QED) is 0.227. The van der Waals surface area contributed by atoms with Crippen molar-refractivity contribution in [3.8, 4) is 0 Å². The van der Waals surface area contributed by atoms with Crippen LogP contribution in [-0.4, -0.2) is 0 Å². The molecule has 0 fully saturated rings. The summed E-state index contributed by atoms with van der Waals surface area (Å²) in [4.78, 5) is 2.62. The van der Waals surface area contributed by atoms with Gasteiger partial charge in [0.1, 0.15) is 0 Å². The maximum absolute atomic E-state index is 4.87. The van der Waals surface area contributed by atoms with Crippen LogP contribution in [0.25, 0.3) is 0 Å². The summed E-state index contributed by atoms with van der Waals surface area (Å²) >= 11 is 24.5. The van der Waals surface area contributed by atoms with E-state index in [4.69, 9.17) is 37.9 Å². The predicted molar refractivity (Wildman–Crippen MR) is 119 cm³/mol. The van der Waals surface area contributed by atoms with Crippen LogP contribution in [0.1, 0.15) is 0 Å². The van der Waals surface area contributed by atoms with Crippen LogP contribution in [0, 0.1) is 46.9 Å². The Hall–Kier alpha value is 1.28. The van der Waals surface area contributed by atoms with E-state index < -0.39 is 0 Å². The normalized spacial score (nSPS) is 8.76. The number of benzene rings is 3. The van der Waals surface area contributed by atoms with Crippen LogP contribution in [-0.2, 0) is 37.9 Å². The van der Waals surface area contributed by atoms with E-state index in [0.29, 0.717) is 0 Å². The smallest absolute Gasteiger partial charge is 0.780 e. The minimum atomic E-state index is 0. The molecular formula is C18H12Br3S3Yb. The minimum Gasteiger partial charge on any atom is -0.780 e. The van der Waals surface area contributed by atoms with Gasteiger partial charge in [-0.05, 0) is 18.2 Å². The molecular weight excluding hydrogens is 725 g/mol. The molecule has 0 saturated carbocycles. The topological polar surface area (TPSA) is 0 Å². The van der Waals surface area contributed by atoms with Gasteiger partial charge in [-0.15, -0.1) is 0 Å². The van der Waals surface area contributed by atoms with Crippen LogP contribution < -0.4 is 0 Å². The van der Waals surface area contributed by atoms with Crippen molar-refractivity contribution in [2.45, 2.75) is 14.7 Å². The molecule has 0 atom stereocenters. The third-order valence-corrected chi connectivity index (χ3v) is 4.63. The van der Waals surface area contributed by atoms with E-state index in [-0.39, 0.29) is 46.9 Å². The first-order valence-corrected chi connectivity index (χ1v) is 10.2. The number of rotatable bonds is 0. The Morgan fingerprint density at radius 2 is 0.720 bits per heavy atom. The second-order valence-corrected chi connectivity index (χ2v) is 8.53. The van der Waals surface area contributed by atoms with Crippen molar-refractivity contribution < 1.29 is 46.9 Å². The summed E-state index contributed by atoms with van der Waals surface area (Å²) in [6.07, 6.45) is 0. The molecule has 0 aliphatic heterocycles. The van der Waals surface area contributed by atoms with E-state index in [1.165, 1.54) is 0 Å². The maximum Gasteiger partial charge on any atom is 3.00 e. The van der Waals surface area contributed by atoms with Gasteiger partial charge in [0.2, 0.25) is 0 Å². The fraction of sp³-hybridized carbons (Fsp3) is 0. The zero-order chi connectivity index (χ0) is 17.9. The van der Waals surface area contributed by atoms with Crippen molar-refractivity contribution in [1.29, 1.82) is 0 Å². The van der Waals surface area contributed by atoms with E-state index in [1.54, 1.807) is 0 Å². The van der Waals surface area contributed by atoms with E-state index >= 15 is 0 Å². The first-order valence-electron chi connectivity index (χ1n) is 6.64. The molecule has 0 bridgehead atoms. The van der Waals surface area contributed by atoms with Crippen molar-refractivity contribution in [1.82, 2.24) is 0 Å². The monoisotopic (exact) mass is 735 g/mol. The van der Waals surface area contributed by atoms with Crippen molar-refractivity contribution in [3.63, 3.8) is 0 Å². The Labute approximate surface area is 229 Å². The third kappa shape index (κ3) is 14.0. The molecule has 0 aliphatic rings. The largest absolute Gasteiger partial charge is 3.00 e. The first kappa shape index (κ1) is 26.3. The molecule has 137 valence electrons. The van der Waals surface area contributed by atoms with Crippen LogP contribution in [0.15, 0.2) is 101 Å². The van der Waals surface area contributed by atoms with Gasteiger partial charge in [0.05, 0.1) is 0 Å². The molecule has 0 nitrogen and oxygen atoms in total. The van der Waals surface area contributed by atoms with Gasteiger partial charge < -0.3 is 37.9 Å². The Bertz CT molecular complexity index is 615. The van der Waals surface area contributed by atoms with Gasteiger partial charge in [0.15, 0.2) is 0 Å². The average Bonchev–Trinajstić information content (AvgIpc) is 2.47. The molecule has 3 aromatic carbocycles. The van der Waals surface area contributed by atoms with Gasteiger partial charge in [-0.3, -0.25) is 0 Å². The average molecular weight is 737 g/mol. The van der Waals surface area contributed by atoms with Gasteiger partial charge in [0, 0.05) is 13.4 Å². The van der Waals surface area contributed by atoms with E-state index in [2.05, 4.69) is 47.8 Å². The molecule has 0 unspecified atom stereocenters. The summed E-state index contributed by atoms with van der Waals surface area (Å²) in [5.41, 5.74) is 0. The van der Waals surface area contributed by atoms with Gasteiger partial charge in [-0.25, -0.2) is 0 Å². The van der Waals surface area contributed by atoms with Crippen molar-refractivity contribution in [2.75, 3.05) is 0 Å². The van der Waals surface area contributed by atoms with Crippen molar-refractivity contribution >= 4 is 85.7 Å². The zero-order valence-corrected chi connectivity index (χ0v) is 21.5. The molecule has 7 heteroatoms. The van der Waals surface area contributed by atoms with Crippen LogP contribution >= 0.6 is 47.8 Å². The number of halogens is 3. The molecule has 25 heavy (non-hydrogen) atoms. The molecule has 0 spiro atoms. The van der Waals surface area contributed by atoms with Crippen molar-refractivity contribution in [2.24, 2.45) is 0 Å². The third-order valence-electron chi connectivity index (χ3n) is 2.39. The molecule has 0 N–H and O–H groups in total. The fourth-order valence-electron chi connectivity index (χ4n) is 1.40. The minimum absolute atomic E-state index is 0. The first-order chi connectivity index (χ1) is 11.4. The van der Waals surface area contributed by atoms with Gasteiger partial charge in [0.25, 0.3) is 0 Å². The number of hydrogen-bond acceptors (Lipinski definition) is 3. The molecule has 0 aliphatic carbocycles. The summed E-state index contributed by atoms with van der Waals surface area (Å²) in [5.74, 6) is 0. The standard InChI is InChI=1S/3C6H5BrS.Yb/c3*7-5-2-1-3-6(8)4-5;/h3*1-4,8H;/q;;;+3/p-3. The zero-order valence-electron chi connectivity index (χ0n) is 12.6. The summed E-state index contributed by atoms with van der Waals surface area (Å²) in [6.45, 7) is 0. The van der Waals surface area contributed by atoms with Crippen LogP contribution in [0.5, 0.6) is 0 Å². The Balaban J connectivity index is 0.000000339. The van der Waals surface area contributed by atoms with Gasteiger partial charge in [-0.1, -0.05) is 102 Å². The van der Waals surface area contributed by atoms with Crippen LogP contribution in [0.2, 0.25) is 0 Å². The van der Waals surface area contributed by atoms with Crippen LogP contribution in [0.3, 0.4) is 0 Å². The molecule has 0 saturated heterocycles. The predicted octanol–water partition coefficient (Wildman–Crippen LogP) is 7.06. The van der Waals surface area contributed by atoms with Crippen molar-refractivity contribution in [3.05, 3.63) is 86.2 Å². The summed E-state index contributed by atoms with van der Waals surface area (Å²) < 4.78 is 3.14.